The molecule has 0 atom stereocenters. The van der Waals surface area contributed by atoms with E-state index in [2.05, 4.69) is 72.8 Å². The molecule has 0 saturated heterocycles. The lowest BCUT2D eigenvalue weighted by Gasteiger charge is -2.10. The zero-order valence-electron chi connectivity index (χ0n) is 17.9. The minimum Gasteiger partial charge on any atom is -0.497 e. The Bertz CT molecular complexity index is 868. The highest BCUT2D eigenvalue weighted by atomic mass is 16.5. The van der Waals surface area contributed by atoms with E-state index in [1.54, 1.807) is 7.11 Å². The van der Waals surface area contributed by atoms with E-state index in [1.165, 1.54) is 22.3 Å². The van der Waals surface area contributed by atoms with Crippen molar-refractivity contribution >= 4 is 6.08 Å². The van der Waals surface area contributed by atoms with Crippen molar-refractivity contribution in [3.05, 3.63) is 107 Å². The predicted molar refractivity (Wildman–Crippen MR) is 126 cm³/mol. The van der Waals surface area contributed by atoms with Gasteiger partial charge in [0, 0.05) is 6.61 Å². The van der Waals surface area contributed by atoms with Crippen LogP contribution in [0.4, 0.5) is 0 Å². The molecule has 0 aromatic heterocycles. The fourth-order valence-corrected chi connectivity index (χ4v) is 3.53. The van der Waals surface area contributed by atoms with Crippen LogP contribution < -0.4 is 4.74 Å². The molecule has 0 aliphatic heterocycles. The van der Waals surface area contributed by atoms with Crippen molar-refractivity contribution < 1.29 is 9.47 Å². The number of ether oxygens (including phenoxy) is 2. The third-order valence-electron chi connectivity index (χ3n) is 5.19. The van der Waals surface area contributed by atoms with Gasteiger partial charge in [0.15, 0.2) is 0 Å². The summed E-state index contributed by atoms with van der Waals surface area (Å²) in [4.78, 5) is 0. The topological polar surface area (TPSA) is 18.5 Å². The van der Waals surface area contributed by atoms with E-state index in [1.807, 2.05) is 18.2 Å². The van der Waals surface area contributed by atoms with Crippen LogP contribution in [0.3, 0.4) is 0 Å². The molecule has 3 aromatic rings. The van der Waals surface area contributed by atoms with Gasteiger partial charge in [-0.25, -0.2) is 0 Å². The van der Waals surface area contributed by atoms with Crippen molar-refractivity contribution in [2.45, 2.75) is 38.7 Å². The summed E-state index contributed by atoms with van der Waals surface area (Å²) in [7, 11) is 1.70. The summed E-state index contributed by atoms with van der Waals surface area (Å²) >= 11 is 0. The Morgan fingerprint density at radius 2 is 1.37 bits per heavy atom. The standard InChI is InChI=1S/C28H32O2/c1-29-28-19-17-26(18-20-28)22-25(15-8-14-24-10-4-2-5-11-24)16-9-21-30-23-27-12-6-3-7-13-27/h2-7,10-13,17-20,22H,8-9,14-16,21,23H2,1H3/b25-22+. The summed E-state index contributed by atoms with van der Waals surface area (Å²) in [5.74, 6) is 0.895. The zero-order valence-corrected chi connectivity index (χ0v) is 17.9. The average Bonchev–Trinajstić information content (AvgIpc) is 2.80. The monoisotopic (exact) mass is 400 g/mol. The van der Waals surface area contributed by atoms with Gasteiger partial charge in [0.05, 0.1) is 13.7 Å². The van der Waals surface area contributed by atoms with Crippen molar-refractivity contribution in [1.29, 1.82) is 0 Å². The molecule has 30 heavy (non-hydrogen) atoms. The summed E-state index contributed by atoms with van der Waals surface area (Å²) in [6.45, 7) is 1.47. The Kier molecular flexibility index (Phi) is 9.23. The Hall–Kier alpha value is -2.84. The van der Waals surface area contributed by atoms with Crippen LogP contribution in [0.1, 0.15) is 42.4 Å². The minimum atomic E-state index is 0.687. The third-order valence-corrected chi connectivity index (χ3v) is 5.19. The lowest BCUT2D eigenvalue weighted by atomic mass is 9.99. The van der Waals surface area contributed by atoms with Crippen LogP contribution >= 0.6 is 0 Å². The maximum atomic E-state index is 5.88. The smallest absolute Gasteiger partial charge is 0.118 e. The van der Waals surface area contributed by atoms with E-state index in [0.29, 0.717) is 6.61 Å². The molecule has 0 unspecified atom stereocenters. The molecule has 0 aliphatic carbocycles. The van der Waals surface area contributed by atoms with E-state index in [4.69, 9.17) is 9.47 Å². The lowest BCUT2D eigenvalue weighted by molar-refractivity contribution is 0.118. The lowest BCUT2D eigenvalue weighted by Crippen LogP contribution is -1.97. The SMILES string of the molecule is COc1ccc(/C=C(/CCCOCc2ccccc2)CCCc2ccccc2)cc1. The molecule has 3 aromatic carbocycles. The Morgan fingerprint density at radius 3 is 2.03 bits per heavy atom. The molecular formula is C28H32O2. The second-order valence-electron chi connectivity index (χ2n) is 7.56. The van der Waals surface area contributed by atoms with E-state index in [-0.39, 0.29) is 0 Å². The molecule has 2 heteroatoms. The van der Waals surface area contributed by atoms with Gasteiger partial charge in [-0.3, -0.25) is 0 Å². The van der Waals surface area contributed by atoms with Gasteiger partial charge in [0.25, 0.3) is 0 Å². The van der Waals surface area contributed by atoms with Crippen molar-refractivity contribution in [3.8, 4) is 5.75 Å². The first-order chi connectivity index (χ1) is 14.8. The number of benzene rings is 3. The van der Waals surface area contributed by atoms with E-state index in [9.17, 15) is 0 Å². The number of hydrogen-bond acceptors (Lipinski definition) is 2. The largest absolute Gasteiger partial charge is 0.497 e. The Morgan fingerprint density at radius 1 is 0.733 bits per heavy atom. The quantitative estimate of drug-likeness (QED) is 0.302. The first kappa shape index (κ1) is 21.9. The van der Waals surface area contributed by atoms with Crippen LogP contribution in [-0.4, -0.2) is 13.7 Å². The van der Waals surface area contributed by atoms with Crippen LogP contribution in [-0.2, 0) is 17.8 Å². The first-order valence-electron chi connectivity index (χ1n) is 10.8. The molecule has 3 rings (SSSR count). The van der Waals surface area contributed by atoms with Crippen molar-refractivity contribution in [2.75, 3.05) is 13.7 Å². The Labute approximate surface area is 181 Å². The number of methoxy groups -OCH3 is 1. The Balaban J connectivity index is 1.51. The summed E-state index contributed by atoms with van der Waals surface area (Å²) in [6.07, 6.45) is 7.83. The molecule has 0 heterocycles. The molecule has 0 radical (unpaired) electrons. The van der Waals surface area contributed by atoms with Gasteiger partial charge < -0.3 is 9.47 Å². The third kappa shape index (κ3) is 7.88. The van der Waals surface area contributed by atoms with Gasteiger partial charge in [-0.05, 0) is 60.9 Å². The van der Waals surface area contributed by atoms with E-state index in [0.717, 1.165) is 44.5 Å². The van der Waals surface area contributed by atoms with Crippen molar-refractivity contribution in [3.63, 3.8) is 0 Å². The number of allylic oxidation sites excluding steroid dienone is 1. The summed E-state index contributed by atoms with van der Waals surface area (Å²) in [5.41, 5.74) is 5.36. The maximum Gasteiger partial charge on any atom is 0.118 e. The van der Waals surface area contributed by atoms with E-state index >= 15 is 0 Å². The van der Waals surface area contributed by atoms with Crippen LogP contribution in [0.2, 0.25) is 0 Å². The predicted octanol–water partition coefficient (Wildman–Crippen LogP) is 7.10. The summed E-state index contributed by atoms with van der Waals surface area (Å²) in [5, 5.41) is 0. The molecule has 0 bridgehead atoms. The average molecular weight is 401 g/mol. The highest BCUT2D eigenvalue weighted by molar-refractivity contribution is 5.54. The van der Waals surface area contributed by atoms with Gasteiger partial charge in [-0.15, -0.1) is 0 Å². The second kappa shape index (κ2) is 12.7. The number of aryl methyl sites for hydroxylation is 1. The molecule has 0 aliphatic rings. The van der Waals surface area contributed by atoms with Crippen molar-refractivity contribution in [2.24, 2.45) is 0 Å². The molecule has 0 fully saturated rings. The van der Waals surface area contributed by atoms with Crippen LogP contribution in [0, 0.1) is 0 Å². The molecular weight excluding hydrogens is 368 g/mol. The number of hydrogen-bond donors (Lipinski definition) is 0. The summed E-state index contributed by atoms with van der Waals surface area (Å²) < 4.78 is 11.2. The fourth-order valence-electron chi connectivity index (χ4n) is 3.53. The fraction of sp³-hybridized carbons (Fsp3) is 0.286. The molecule has 156 valence electrons. The highest BCUT2D eigenvalue weighted by Crippen LogP contribution is 2.20. The van der Waals surface area contributed by atoms with E-state index < -0.39 is 0 Å². The molecule has 0 saturated carbocycles. The highest BCUT2D eigenvalue weighted by Gasteiger charge is 2.02. The van der Waals surface area contributed by atoms with Crippen molar-refractivity contribution in [1.82, 2.24) is 0 Å². The first-order valence-corrected chi connectivity index (χ1v) is 10.8. The molecule has 0 amide bonds. The normalized spacial score (nSPS) is 11.4. The summed E-state index contributed by atoms with van der Waals surface area (Å²) in [6, 6.07) is 29.4. The molecule has 0 N–H and O–H groups in total. The molecule has 2 nitrogen and oxygen atoms in total. The maximum absolute atomic E-state index is 5.88. The van der Waals surface area contributed by atoms with Gasteiger partial charge in [-0.2, -0.15) is 0 Å². The van der Waals surface area contributed by atoms with Gasteiger partial charge >= 0.3 is 0 Å². The second-order valence-corrected chi connectivity index (χ2v) is 7.56. The van der Waals surface area contributed by atoms with Gasteiger partial charge in [0.2, 0.25) is 0 Å². The van der Waals surface area contributed by atoms with Crippen LogP contribution in [0.5, 0.6) is 5.75 Å². The molecule has 0 spiro atoms. The number of rotatable bonds is 12. The van der Waals surface area contributed by atoms with Gasteiger partial charge in [-0.1, -0.05) is 84.4 Å². The van der Waals surface area contributed by atoms with Crippen LogP contribution in [0.25, 0.3) is 6.08 Å². The van der Waals surface area contributed by atoms with Crippen LogP contribution in [0.15, 0.2) is 90.5 Å². The van der Waals surface area contributed by atoms with Gasteiger partial charge in [0.1, 0.15) is 5.75 Å². The minimum absolute atomic E-state index is 0.687. The zero-order chi connectivity index (χ0) is 20.9.